The molecule has 178 valence electrons. The Kier molecular flexibility index (Phi) is 7.56. The van der Waals surface area contributed by atoms with Gasteiger partial charge in [-0.15, -0.1) is 0 Å². The molecule has 0 spiro atoms. The molecule has 0 aliphatic rings. The molecule has 0 aliphatic heterocycles. The van der Waals surface area contributed by atoms with Gasteiger partial charge in [-0.25, -0.2) is 0 Å². The summed E-state index contributed by atoms with van der Waals surface area (Å²) in [5.41, 5.74) is -0.707. The molecule has 1 aromatic heterocycles. The summed E-state index contributed by atoms with van der Waals surface area (Å²) in [6.07, 6.45) is -5.22. The van der Waals surface area contributed by atoms with E-state index in [4.69, 9.17) is 14.0 Å². The van der Waals surface area contributed by atoms with Gasteiger partial charge in [0.25, 0.3) is 5.89 Å². The summed E-state index contributed by atoms with van der Waals surface area (Å²) in [6.45, 7) is 5.41. The molecule has 34 heavy (non-hydrogen) atoms. The zero-order valence-corrected chi connectivity index (χ0v) is 18.8. The number of carbonyl (C=O) groups is 1. The van der Waals surface area contributed by atoms with Crippen LogP contribution in [0.2, 0.25) is 0 Å². The van der Waals surface area contributed by atoms with Crippen LogP contribution in [0.15, 0.2) is 40.9 Å². The molecule has 2 aromatic carbocycles. The van der Waals surface area contributed by atoms with E-state index in [2.05, 4.69) is 10.1 Å². The molecule has 3 aromatic rings. The third kappa shape index (κ3) is 5.73. The lowest BCUT2D eigenvalue weighted by Crippen LogP contribution is -2.13. The van der Waals surface area contributed by atoms with Crippen molar-refractivity contribution < 1.29 is 32.0 Å². The maximum Gasteiger partial charge on any atom is 0.417 e. The van der Waals surface area contributed by atoms with Crippen molar-refractivity contribution in [1.29, 1.82) is 5.26 Å². The molecule has 0 atom stereocenters. The van der Waals surface area contributed by atoms with Gasteiger partial charge in [0.05, 0.1) is 23.8 Å². The van der Waals surface area contributed by atoms with Crippen LogP contribution in [0, 0.1) is 11.3 Å². The van der Waals surface area contributed by atoms with Crippen LogP contribution >= 0.6 is 0 Å². The number of nitriles is 1. The first-order chi connectivity index (χ1) is 16.1. The van der Waals surface area contributed by atoms with Crippen molar-refractivity contribution in [1.82, 2.24) is 10.1 Å². The molecule has 10 heteroatoms. The highest BCUT2D eigenvalue weighted by molar-refractivity contribution is 5.71. The van der Waals surface area contributed by atoms with Crippen LogP contribution in [0.3, 0.4) is 0 Å². The second-order valence-electron chi connectivity index (χ2n) is 7.55. The minimum absolute atomic E-state index is 0.0485. The number of hydrogen-bond donors (Lipinski definition) is 0. The number of hydrogen-bond acceptors (Lipinski definition) is 7. The van der Waals surface area contributed by atoms with Gasteiger partial charge in [0, 0.05) is 17.5 Å². The number of halogens is 3. The van der Waals surface area contributed by atoms with E-state index in [0.717, 1.165) is 0 Å². The van der Waals surface area contributed by atoms with E-state index in [9.17, 15) is 23.2 Å². The predicted molar refractivity (Wildman–Crippen MR) is 116 cm³/mol. The number of esters is 1. The predicted octanol–water partition coefficient (Wildman–Crippen LogP) is 5.58. The van der Waals surface area contributed by atoms with Crippen molar-refractivity contribution in [2.45, 2.75) is 45.9 Å². The maximum absolute atomic E-state index is 14.0. The summed E-state index contributed by atoms with van der Waals surface area (Å²) in [5.74, 6) is -0.523. The van der Waals surface area contributed by atoms with Crippen LogP contribution in [0.25, 0.3) is 22.8 Å². The molecule has 0 radical (unpaired) electrons. The van der Waals surface area contributed by atoms with Crippen molar-refractivity contribution in [2.75, 3.05) is 6.61 Å². The van der Waals surface area contributed by atoms with Crippen LogP contribution in [-0.4, -0.2) is 28.8 Å². The molecule has 1 heterocycles. The van der Waals surface area contributed by atoms with Gasteiger partial charge in [-0.05, 0) is 51.0 Å². The summed E-state index contributed by atoms with van der Waals surface area (Å²) in [5, 5.41) is 13.1. The number of nitrogens with zero attached hydrogens (tertiary/aromatic N) is 3. The zero-order chi connectivity index (χ0) is 24.9. The Labute approximate surface area is 194 Å². The zero-order valence-electron chi connectivity index (χ0n) is 18.8. The quantitative estimate of drug-likeness (QED) is 0.394. The standard InChI is InChI=1S/C24H22F3N3O4/c1-4-32-20(31)11-9-15-6-5-7-18(21(15)24(25,26)27)22-29-23(34-30-22)16-8-10-19(33-14(2)3)17(12-16)13-28/h5-8,10,12,14H,4,9,11H2,1-3H3. The molecular formula is C24H22F3N3O4. The average molecular weight is 473 g/mol. The highest BCUT2D eigenvalue weighted by Crippen LogP contribution is 2.39. The topological polar surface area (TPSA) is 98.2 Å². The smallest absolute Gasteiger partial charge is 0.417 e. The highest BCUT2D eigenvalue weighted by Gasteiger charge is 2.37. The van der Waals surface area contributed by atoms with E-state index >= 15 is 0 Å². The Hall–Kier alpha value is -3.87. The van der Waals surface area contributed by atoms with Crippen molar-refractivity contribution in [3.8, 4) is 34.7 Å². The monoisotopic (exact) mass is 473 g/mol. The number of aryl methyl sites for hydroxylation is 1. The lowest BCUT2D eigenvalue weighted by atomic mass is 9.96. The lowest BCUT2D eigenvalue weighted by molar-refractivity contribution is -0.144. The molecule has 0 amide bonds. The Morgan fingerprint density at radius 1 is 1.24 bits per heavy atom. The van der Waals surface area contributed by atoms with Gasteiger partial charge < -0.3 is 14.0 Å². The van der Waals surface area contributed by atoms with Crippen LogP contribution in [0.1, 0.15) is 43.9 Å². The highest BCUT2D eigenvalue weighted by atomic mass is 19.4. The summed E-state index contributed by atoms with van der Waals surface area (Å²) in [7, 11) is 0. The average Bonchev–Trinajstić information content (AvgIpc) is 3.27. The van der Waals surface area contributed by atoms with E-state index in [1.54, 1.807) is 19.1 Å². The fraction of sp³-hybridized carbons (Fsp3) is 0.333. The van der Waals surface area contributed by atoms with E-state index in [1.807, 2.05) is 19.9 Å². The summed E-state index contributed by atoms with van der Waals surface area (Å²) < 4.78 is 57.6. The van der Waals surface area contributed by atoms with Gasteiger partial charge >= 0.3 is 12.1 Å². The number of benzene rings is 2. The van der Waals surface area contributed by atoms with Crippen molar-refractivity contribution in [2.24, 2.45) is 0 Å². The van der Waals surface area contributed by atoms with Gasteiger partial charge in [-0.3, -0.25) is 4.79 Å². The first kappa shape index (κ1) is 24.8. The molecule has 3 rings (SSSR count). The lowest BCUT2D eigenvalue weighted by Gasteiger charge is -2.15. The van der Waals surface area contributed by atoms with Crippen molar-refractivity contribution in [3.05, 3.63) is 53.1 Å². The maximum atomic E-state index is 14.0. The first-order valence-corrected chi connectivity index (χ1v) is 10.5. The molecule has 7 nitrogen and oxygen atoms in total. The molecule has 0 bridgehead atoms. The van der Waals surface area contributed by atoms with E-state index in [0.29, 0.717) is 11.3 Å². The molecular weight excluding hydrogens is 451 g/mol. The summed E-state index contributed by atoms with van der Waals surface area (Å²) >= 11 is 0. The van der Waals surface area contributed by atoms with Gasteiger partial charge in [0.1, 0.15) is 11.8 Å². The van der Waals surface area contributed by atoms with Crippen molar-refractivity contribution >= 4 is 5.97 Å². The molecule has 0 saturated carbocycles. The van der Waals surface area contributed by atoms with E-state index < -0.39 is 17.7 Å². The minimum atomic E-state index is -4.72. The number of carbonyl (C=O) groups excluding carboxylic acids is 1. The summed E-state index contributed by atoms with van der Waals surface area (Å²) in [4.78, 5) is 15.8. The fourth-order valence-electron chi connectivity index (χ4n) is 3.36. The third-order valence-electron chi connectivity index (χ3n) is 4.71. The molecule has 0 aliphatic carbocycles. The summed E-state index contributed by atoms with van der Waals surface area (Å²) in [6, 6.07) is 10.6. The second-order valence-corrected chi connectivity index (χ2v) is 7.55. The van der Waals surface area contributed by atoms with Gasteiger partial charge in [-0.2, -0.15) is 23.4 Å². The Morgan fingerprint density at radius 3 is 2.65 bits per heavy atom. The van der Waals surface area contributed by atoms with Crippen LogP contribution in [0.4, 0.5) is 13.2 Å². The van der Waals surface area contributed by atoms with Crippen molar-refractivity contribution in [3.63, 3.8) is 0 Å². The number of alkyl halides is 3. The van der Waals surface area contributed by atoms with Crippen LogP contribution in [-0.2, 0) is 22.1 Å². The minimum Gasteiger partial charge on any atom is -0.490 e. The van der Waals surface area contributed by atoms with Gasteiger partial charge in [-0.1, -0.05) is 23.4 Å². The Balaban J connectivity index is 1.98. The van der Waals surface area contributed by atoms with E-state index in [-0.39, 0.29) is 54.0 Å². The van der Waals surface area contributed by atoms with Crippen LogP contribution < -0.4 is 4.74 Å². The SMILES string of the molecule is CCOC(=O)CCc1cccc(-c2noc(-c3ccc(OC(C)C)c(C#N)c3)n2)c1C(F)(F)F. The third-order valence-corrected chi connectivity index (χ3v) is 4.71. The largest absolute Gasteiger partial charge is 0.490 e. The van der Waals surface area contributed by atoms with Gasteiger partial charge in [0.2, 0.25) is 5.82 Å². The molecule has 0 unspecified atom stereocenters. The van der Waals surface area contributed by atoms with Gasteiger partial charge in [0.15, 0.2) is 0 Å². The Bertz CT molecular complexity index is 1210. The second kappa shape index (κ2) is 10.4. The molecule has 0 fully saturated rings. The number of rotatable bonds is 8. The van der Waals surface area contributed by atoms with E-state index in [1.165, 1.54) is 24.3 Å². The fourth-order valence-corrected chi connectivity index (χ4v) is 3.36. The number of ether oxygens (including phenoxy) is 2. The first-order valence-electron chi connectivity index (χ1n) is 10.5. The number of aromatic nitrogens is 2. The Morgan fingerprint density at radius 2 is 2.00 bits per heavy atom. The normalized spacial score (nSPS) is 11.4. The molecule has 0 N–H and O–H groups in total. The molecule has 0 saturated heterocycles. The van der Waals surface area contributed by atoms with Crippen LogP contribution in [0.5, 0.6) is 5.75 Å².